The molecule has 0 amide bonds. The Morgan fingerprint density at radius 1 is 0.552 bits per heavy atom. The van der Waals surface area contributed by atoms with E-state index < -0.39 is 0 Å². The number of nitrogens with zero attached hydrogens (tertiary/aromatic N) is 4. The minimum absolute atomic E-state index is 0.144. The molecule has 274 valence electrons. The second-order valence-electron chi connectivity index (χ2n) is 15.8. The summed E-state index contributed by atoms with van der Waals surface area (Å²) >= 11 is 1.88. The molecule has 0 fully saturated rings. The van der Waals surface area contributed by atoms with Crippen LogP contribution in [0.25, 0.3) is 82.2 Å². The maximum Gasteiger partial charge on any atom is 0.140 e. The van der Waals surface area contributed by atoms with Gasteiger partial charge in [-0.05, 0) is 83.8 Å². The van der Waals surface area contributed by atoms with Crippen molar-refractivity contribution >= 4 is 87.6 Å². The average molecular weight is 761 g/mol. The molecule has 4 nitrogen and oxygen atoms in total. The molecule has 5 heteroatoms. The maximum absolute atomic E-state index is 5.49. The van der Waals surface area contributed by atoms with E-state index in [1.807, 2.05) is 11.3 Å². The molecule has 3 unspecified atom stereocenters. The molecule has 10 aromatic rings. The van der Waals surface area contributed by atoms with Crippen molar-refractivity contribution in [1.29, 1.82) is 0 Å². The number of hydrogen-bond acceptors (Lipinski definition) is 3. The van der Waals surface area contributed by atoms with Crippen LogP contribution >= 0.6 is 11.3 Å². The summed E-state index contributed by atoms with van der Waals surface area (Å²) in [6.07, 6.45) is 13.1. The van der Waals surface area contributed by atoms with E-state index in [1.54, 1.807) is 0 Å². The van der Waals surface area contributed by atoms with Crippen molar-refractivity contribution in [3.63, 3.8) is 0 Å². The summed E-state index contributed by atoms with van der Waals surface area (Å²) in [7, 11) is 0. The Morgan fingerprint density at radius 2 is 1.21 bits per heavy atom. The van der Waals surface area contributed by atoms with E-state index in [-0.39, 0.29) is 18.0 Å². The molecule has 0 saturated heterocycles. The molecule has 4 aromatic heterocycles. The van der Waals surface area contributed by atoms with Gasteiger partial charge in [-0.25, -0.2) is 4.98 Å². The first-order valence-corrected chi connectivity index (χ1v) is 21.0. The van der Waals surface area contributed by atoms with Crippen molar-refractivity contribution in [2.75, 3.05) is 4.90 Å². The number of para-hydroxylation sites is 4. The van der Waals surface area contributed by atoms with Gasteiger partial charge in [-0.15, -0.1) is 11.3 Å². The van der Waals surface area contributed by atoms with E-state index in [4.69, 9.17) is 4.98 Å². The van der Waals surface area contributed by atoms with Crippen molar-refractivity contribution in [2.24, 2.45) is 0 Å². The van der Waals surface area contributed by atoms with Crippen molar-refractivity contribution in [1.82, 2.24) is 14.1 Å². The zero-order valence-corrected chi connectivity index (χ0v) is 32.4. The number of fused-ring (bicyclic) bond motifs is 12. The highest BCUT2D eigenvalue weighted by molar-refractivity contribution is 7.25. The van der Waals surface area contributed by atoms with Crippen LogP contribution in [-0.4, -0.2) is 26.2 Å². The monoisotopic (exact) mass is 760 g/mol. The molecular formula is C53H36N4S. The number of hydrogen-bond donors (Lipinski definition) is 0. The van der Waals surface area contributed by atoms with Crippen molar-refractivity contribution in [3.05, 3.63) is 198 Å². The number of anilines is 1. The van der Waals surface area contributed by atoms with Crippen LogP contribution in [0, 0.1) is 0 Å². The van der Waals surface area contributed by atoms with Crippen LogP contribution in [0.1, 0.15) is 23.5 Å². The Hall–Kier alpha value is -6.95. The molecule has 0 radical (unpaired) electrons. The van der Waals surface area contributed by atoms with Gasteiger partial charge in [0.25, 0.3) is 0 Å². The van der Waals surface area contributed by atoms with Gasteiger partial charge < -0.3 is 4.90 Å². The minimum atomic E-state index is 0.144. The smallest absolute Gasteiger partial charge is 0.140 e. The molecule has 3 aliphatic rings. The summed E-state index contributed by atoms with van der Waals surface area (Å²) in [5.41, 5.74) is 8.91. The van der Waals surface area contributed by atoms with Gasteiger partial charge in [-0.1, -0.05) is 127 Å². The Balaban J connectivity index is 0.952. The Kier molecular flexibility index (Phi) is 6.81. The lowest BCUT2D eigenvalue weighted by molar-refractivity contribution is 0.644. The van der Waals surface area contributed by atoms with Gasteiger partial charge in [0, 0.05) is 53.2 Å². The molecule has 6 aromatic carbocycles. The summed E-state index contributed by atoms with van der Waals surface area (Å²) in [5.74, 6) is 2.06. The summed E-state index contributed by atoms with van der Waals surface area (Å²) in [6.45, 7) is 0. The third-order valence-corrected chi connectivity index (χ3v) is 14.0. The Morgan fingerprint density at radius 3 is 2.02 bits per heavy atom. The van der Waals surface area contributed by atoms with Gasteiger partial charge in [0.1, 0.15) is 11.6 Å². The second kappa shape index (κ2) is 12.3. The van der Waals surface area contributed by atoms with Crippen LogP contribution in [0.2, 0.25) is 0 Å². The topological polar surface area (TPSA) is 26.0 Å². The number of thiophene rings is 1. The highest BCUT2D eigenvalue weighted by Gasteiger charge is 2.41. The van der Waals surface area contributed by atoms with Gasteiger partial charge in [-0.2, -0.15) is 0 Å². The average Bonchev–Trinajstić information content (AvgIpc) is 4.02. The van der Waals surface area contributed by atoms with E-state index in [9.17, 15) is 0 Å². The molecule has 0 bridgehead atoms. The van der Waals surface area contributed by atoms with Gasteiger partial charge in [0.15, 0.2) is 0 Å². The zero-order chi connectivity index (χ0) is 37.9. The van der Waals surface area contributed by atoms with Crippen molar-refractivity contribution < 1.29 is 0 Å². The number of pyridine rings is 1. The van der Waals surface area contributed by atoms with Gasteiger partial charge >= 0.3 is 0 Å². The molecule has 3 atom stereocenters. The predicted octanol–water partition coefficient (Wildman–Crippen LogP) is 11.4. The van der Waals surface area contributed by atoms with Crippen LogP contribution in [0.15, 0.2) is 176 Å². The first kappa shape index (κ1) is 32.2. The van der Waals surface area contributed by atoms with Gasteiger partial charge in [0.05, 0.1) is 34.0 Å². The highest BCUT2D eigenvalue weighted by atomic mass is 32.1. The summed E-state index contributed by atoms with van der Waals surface area (Å²) in [6, 6.07) is 57.9. The molecule has 1 aliphatic heterocycles. The fraction of sp³-hybridized carbons (Fsp3) is 0.0755. The van der Waals surface area contributed by atoms with Crippen LogP contribution < -0.4 is 15.5 Å². The molecule has 5 heterocycles. The van der Waals surface area contributed by atoms with E-state index in [0.717, 1.165) is 29.1 Å². The molecule has 0 spiro atoms. The lowest BCUT2D eigenvalue weighted by Crippen LogP contribution is -2.45. The predicted molar refractivity (Wildman–Crippen MR) is 244 cm³/mol. The van der Waals surface area contributed by atoms with Gasteiger partial charge in [-0.3, -0.25) is 9.13 Å². The summed E-state index contributed by atoms with van der Waals surface area (Å²) in [4.78, 5) is 8.19. The first-order chi connectivity index (χ1) is 28.8. The minimum Gasteiger partial charge on any atom is -0.357 e. The zero-order valence-electron chi connectivity index (χ0n) is 31.5. The lowest BCUT2D eigenvalue weighted by Gasteiger charge is -2.36. The summed E-state index contributed by atoms with van der Waals surface area (Å²) < 4.78 is 7.41. The fourth-order valence-electron chi connectivity index (χ4n) is 10.3. The van der Waals surface area contributed by atoms with E-state index in [0.29, 0.717) is 0 Å². The lowest BCUT2D eigenvalue weighted by atomic mass is 9.89. The third kappa shape index (κ3) is 4.59. The molecule has 0 N–H and O–H groups in total. The van der Waals surface area contributed by atoms with Crippen LogP contribution in [0.4, 0.5) is 5.69 Å². The number of rotatable bonds is 4. The normalized spacial score (nSPS) is 18.4. The SMILES string of the molecule is C1=CC(N2c3ccccc3C3C=c4c(n(-c5cccc(-n6c7ccccc7c7ccccc76)n5)c5ccccc45)=CC32)CC(c2ccc3sc4ccccc4c3c2)=C1. The van der Waals surface area contributed by atoms with Gasteiger partial charge in [0.2, 0.25) is 0 Å². The van der Waals surface area contributed by atoms with Crippen LogP contribution in [-0.2, 0) is 0 Å². The molecule has 0 saturated carbocycles. The fourth-order valence-corrected chi connectivity index (χ4v) is 11.4. The van der Waals surface area contributed by atoms with E-state index >= 15 is 0 Å². The molecule has 58 heavy (non-hydrogen) atoms. The number of benzene rings is 6. The highest BCUT2D eigenvalue weighted by Crippen LogP contribution is 2.47. The van der Waals surface area contributed by atoms with Crippen LogP contribution in [0.5, 0.6) is 0 Å². The van der Waals surface area contributed by atoms with Crippen molar-refractivity contribution in [3.8, 4) is 11.6 Å². The standard InChI is InChI=1S/C53H36N4S/c1-7-21-45-36(15-1)37-16-2-8-22-46(37)56(45)52-25-12-26-53(54-52)57-47-23-9-4-18-39(47)42-31-41-38-17-3-6-20-44(38)55(48(41)32-49(42)57)35-14-11-13-33(29-35)34-27-28-51-43(30-34)40-19-5-10-24-50(40)58-51/h1-28,30-32,35,41,48H,29H2. The third-order valence-electron chi connectivity index (χ3n) is 12.8. The quantitative estimate of drug-likeness (QED) is 0.179. The maximum atomic E-state index is 5.49. The number of allylic oxidation sites excluding steroid dienone is 2. The first-order valence-electron chi connectivity index (χ1n) is 20.2. The number of aromatic nitrogens is 3. The molecule has 13 rings (SSSR count). The van der Waals surface area contributed by atoms with E-state index in [2.05, 4.69) is 202 Å². The molecule has 2 aliphatic carbocycles. The Bertz CT molecular complexity index is 3490. The van der Waals surface area contributed by atoms with Crippen molar-refractivity contribution in [2.45, 2.75) is 24.4 Å². The second-order valence-corrected chi connectivity index (χ2v) is 16.9. The summed E-state index contributed by atoms with van der Waals surface area (Å²) in [5, 5.41) is 8.91. The Labute approximate surface area is 338 Å². The largest absolute Gasteiger partial charge is 0.357 e. The molecular weight excluding hydrogens is 725 g/mol. The van der Waals surface area contributed by atoms with E-state index in [1.165, 1.54) is 74.8 Å². The van der Waals surface area contributed by atoms with Crippen LogP contribution in [0.3, 0.4) is 0 Å².